The maximum Gasteiger partial charge on any atom is 0.240 e. The van der Waals surface area contributed by atoms with Crippen molar-refractivity contribution < 1.29 is 4.79 Å². The summed E-state index contributed by atoms with van der Waals surface area (Å²) in [6.07, 6.45) is 1.95. The fourth-order valence-corrected chi connectivity index (χ4v) is 2.83. The molecule has 5 nitrogen and oxygen atoms in total. The third kappa shape index (κ3) is 3.51. The van der Waals surface area contributed by atoms with Crippen LogP contribution in [0.5, 0.6) is 0 Å². The molecular weight excluding hydrogens is 248 g/mol. The molecule has 1 aliphatic rings. The molecule has 0 atom stereocenters. The van der Waals surface area contributed by atoms with Crippen LogP contribution >= 0.6 is 11.3 Å². The number of rotatable bonds is 3. The number of likely N-dealkylation sites (tertiary alicyclic amines) is 1. The van der Waals surface area contributed by atoms with Crippen molar-refractivity contribution in [2.75, 3.05) is 25.0 Å². The van der Waals surface area contributed by atoms with Gasteiger partial charge in [0.1, 0.15) is 0 Å². The van der Waals surface area contributed by atoms with E-state index in [4.69, 9.17) is 5.73 Å². The van der Waals surface area contributed by atoms with E-state index in [0.717, 1.165) is 36.5 Å². The Morgan fingerprint density at radius 2 is 2.17 bits per heavy atom. The van der Waals surface area contributed by atoms with Gasteiger partial charge in [-0.2, -0.15) is 0 Å². The van der Waals surface area contributed by atoms with Crippen LogP contribution < -0.4 is 11.1 Å². The van der Waals surface area contributed by atoms with Crippen molar-refractivity contribution in [1.29, 1.82) is 0 Å². The van der Waals surface area contributed by atoms with Crippen molar-refractivity contribution in [1.82, 2.24) is 9.88 Å². The zero-order chi connectivity index (χ0) is 13.1. The molecule has 0 spiro atoms. The second-order valence-corrected chi connectivity index (χ2v) is 6.03. The number of carbonyl (C=O) groups excluding carboxylic acids is 1. The van der Waals surface area contributed by atoms with Crippen molar-refractivity contribution in [3.63, 3.8) is 0 Å². The van der Waals surface area contributed by atoms with Gasteiger partial charge in [-0.3, -0.25) is 9.69 Å². The maximum atomic E-state index is 11.9. The van der Waals surface area contributed by atoms with Gasteiger partial charge < -0.3 is 11.1 Å². The average molecular weight is 268 g/mol. The third-order valence-corrected chi connectivity index (χ3v) is 4.26. The average Bonchev–Trinajstić information content (AvgIpc) is 2.61. The largest absolute Gasteiger partial charge is 0.328 e. The van der Waals surface area contributed by atoms with Crippen molar-refractivity contribution >= 4 is 22.4 Å². The summed E-state index contributed by atoms with van der Waals surface area (Å²) in [7, 11) is 0. The third-order valence-electron chi connectivity index (χ3n) is 3.27. The van der Waals surface area contributed by atoms with Gasteiger partial charge in [-0.05, 0) is 26.7 Å². The van der Waals surface area contributed by atoms with E-state index < -0.39 is 0 Å². The highest BCUT2D eigenvalue weighted by molar-refractivity contribution is 7.15. The topological polar surface area (TPSA) is 71.2 Å². The van der Waals surface area contributed by atoms with Gasteiger partial charge in [0.2, 0.25) is 5.91 Å². The Morgan fingerprint density at radius 1 is 1.50 bits per heavy atom. The Kier molecular flexibility index (Phi) is 4.31. The number of carbonyl (C=O) groups is 1. The monoisotopic (exact) mass is 268 g/mol. The molecule has 0 radical (unpaired) electrons. The van der Waals surface area contributed by atoms with Crippen LogP contribution in [0.2, 0.25) is 0 Å². The Bertz CT molecular complexity index is 404. The number of hydrogen-bond donors (Lipinski definition) is 2. The Morgan fingerprint density at radius 3 is 2.72 bits per heavy atom. The van der Waals surface area contributed by atoms with E-state index in [1.165, 1.54) is 11.3 Å². The number of nitrogens with zero attached hydrogens (tertiary/aromatic N) is 2. The second-order valence-electron chi connectivity index (χ2n) is 4.82. The summed E-state index contributed by atoms with van der Waals surface area (Å²) in [5, 5.41) is 3.56. The molecule has 2 heterocycles. The predicted molar refractivity (Wildman–Crippen MR) is 73.9 cm³/mol. The molecule has 0 saturated carbocycles. The minimum Gasteiger partial charge on any atom is -0.328 e. The quantitative estimate of drug-likeness (QED) is 0.862. The normalized spacial score (nSPS) is 17.9. The number of aryl methyl sites for hydroxylation is 2. The highest BCUT2D eigenvalue weighted by Gasteiger charge is 2.18. The van der Waals surface area contributed by atoms with E-state index in [1.807, 2.05) is 13.8 Å². The Balaban J connectivity index is 1.81. The van der Waals surface area contributed by atoms with E-state index >= 15 is 0 Å². The summed E-state index contributed by atoms with van der Waals surface area (Å²) in [5.41, 5.74) is 6.82. The van der Waals surface area contributed by atoms with Gasteiger partial charge in [0.15, 0.2) is 5.13 Å². The van der Waals surface area contributed by atoms with E-state index in [9.17, 15) is 4.79 Å². The molecule has 1 fully saturated rings. The molecule has 1 aliphatic heterocycles. The first-order valence-corrected chi connectivity index (χ1v) is 7.08. The van der Waals surface area contributed by atoms with Crippen LogP contribution in [0.1, 0.15) is 23.4 Å². The maximum absolute atomic E-state index is 11.9. The molecule has 2 rings (SSSR count). The second kappa shape index (κ2) is 5.77. The summed E-state index contributed by atoms with van der Waals surface area (Å²) in [6.45, 7) is 6.21. The minimum atomic E-state index is 0.0132. The number of aromatic nitrogens is 1. The van der Waals surface area contributed by atoms with Crippen LogP contribution in [0.15, 0.2) is 0 Å². The lowest BCUT2D eigenvalue weighted by Gasteiger charge is -2.29. The van der Waals surface area contributed by atoms with Gasteiger partial charge in [-0.1, -0.05) is 0 Å². The lowest BCUT2D eigenvalue weighted by atomic mass is 10.1. The van der Waals surface area contributed by atoms with E-state index in [-0.39, 0.29) is 5.91 Å². The molecule has 6 heteroatoms. The summed E-state index contributed by atoms with van der Waals surface area (Å²) < 4.78 is 0. The highest BCUT2D eigenvalue weighted by Crippen LogP contribution is 2.21. The minimum absolute atomic E-state index is 0.0132. The fourth-order valence-electron chi connectivity index (χ4n) is 2.00. The molecule has 1 saturated heterocycles. The fraction of sp³-hybridized carbons (Fsp3) is 0.667. The van der Waals surface area contributed by atoms with Crippen LogP contribution in [-0.2, 0) is 4.79 Å². The first-order chi connectivity index (χ1) is 8.54. The molecule has 1 amide bonds. The summed E-state index contributed by atoms with van der Waals surface area (Å²) >= 11 is 1.52. The van der Waals surface area contributed by atoms with Crippen LogP contribution in [-0.4, -0.2) is 41.5 Å². The number of thiazole rings is 1. The molecule has 100 valence electrons. The Hall–Kier alpha value is -0.980. The predicted octanol–water partition coefficient (Wildman–Crippen LogP) is 1.12. The van der Waals surface area contributed by atoms with Gasteiger partial charge >= 0.3 is 0 Å². The lowest BCUT2D eigenvalue weighted by molar-refractivity contribution is -0.117. The van der Waals surface area contributed by atoms with E-state index in [2.05, 4.69) is 15.2 Å². The number of nitrogens with one attached hydrogen (secondary N) is 1. The molecule has 0 aromatic carbocycles. The van der Waals surface area contributed by atoms with Crippen LogP contribution in [0.3, 0.4) is 0 Å². The number of nitrogens with two attached hydrogens (primary N) is 1. The molecule has 3 N–H and O–H groups in total. The van der Waals surface area contributed by atoms with Crippen molar-refractivity contribution in [3.05, 3.63) is 10.6 Å². The Labute approximate surface area is 111 Å². The number of hydrogen-bond acceptors (Lipinski definition) is 5. The lowest BCUT2D eigenvalue weighted by Crippen LogP contribution is -2.43. The SMILES string of the molecule is Cc1nc(NC(=O)CN2CCC(N)CC2)sc1C. The summed E-state index contributed by atoms with van der Waals surface area (Å²) in [5.74, 6) is 0.0132. The highest BCUT2D eigenvalue weighted by atomic mass is 32.1. The molecule has 1 aromatic heterocycles. The molecule has 18 heavy (non-hydrogen) atoms. The zero-order valence-electron chi connectivity index (χ0n) is 10.9. The zero-order valence-corrected chi connectivity index (χ0v) is 11.7. The van der Waals surface area contributed by atoms with Gasteiger partial charge in [-0.15, -0.1) is 11.3 Å². The van der Waals surface area contributed by atoms with Gasteiger partial charge in [0.05, 0.1) is 12.2 Å². The van der Waals surface area contributed by atoms with Crippen molar-refractivity contribution in [3.8, 4) is 0 Å². The van der Waals surface area contributed by atoms with E-state index in [0.29, 0.717) is 17.7 Å². The van der Waals surface area contributed by atoms with Gasteiger partial charge in [-0.25, -0.2) is 4.98 Å². The first-order valence-electron chi connectivity index (χ1n) is 6.26. The molecule has 0 bridgehead atoms. The number of piperidine rings is 1. The number of amides is 1. The van der Waals surface area contributed by atoms with Gasteiger partial charge in [0, 0.05) is 24.0 Å². The molecule has 0 aliphatic carbocycles. The van der Waals surface area contributed by atoms with Crippen LogP contribution in [0.25, 0.3) is 0 Å². The smallest absolute Gasteiger partial charge is 0.240 e. The first kappa shape index (κ1) is 13.5. The molecule has 1 aromatic rings. The van der Waals surface area contributed by atoms with Crippen molar-refractivity contribution in [2.24, 2.45) is 5.73 Å². The standard InChI is InChI=1S/C12H20N4OS/c1-8-9(2)18-12(14-8)15-11(17)7-16-5-3-10(13)4-6-16/h10H,3-7,13H2,1-2H3,(H,14,15,17). The summed E-state index contributed by atoms with van der Waals surface area (Å²) in [6, 6.07) is 0.300. The summed E-state index contributed by atoms with van der Waals surface area (Å²) in [4.78, 5) is 19.5. The van der Waals surface area contributed by atoms with Crippen LogP contribution in [0, 0.1) is 13.8 Å². The molecular formula is C12H20N4OS. The van der Waals surface area contributed by atoms with Gasteiger partial charge in [0.25, 0.3) is 0 Å². The molecule has 0 unspecified atom stereocenters. The van der Waals surface area contributed by atoms with Crippen LogP contribution in [0.4, 0.5) is 5.13 Å². The van der Waals surface area contributed by atoms with E-state index in [1.54, 1.807) is 0 Å². The van der Waals surface area contributed by atoms with Crippen molar-refractivity contribution in [2.45, 2.75) is 32.7 Å². The number of anilines is 1.